The Morgan fingerprint density at radius 3 is 2.80 bits per heavy atom. The summed E-state index contributed by atoms with van der Waals surface area (Å²) >= 11 is 0. The van der Waals surface area contributed by atoms with Gasteiger partial charge >= 0.3 is 0 Å². The fourth-order valence-electron chi connectivity index (χ4n) is 3.53. The van der Waals surface area contributed by atoms with Crippen molar-refractivity contribution in [1.82, 2.24) is 23.6 Å². The highest BCUT2D eigenvalue weighted by molar-refractivity contribution is 7.89. The molecule has 0 radical (unpaired) electrons. The lowest BCUT2D eigenvalue weighted by Crippen LogP contribution is -2.31. The topological polar surface area (TPSA) is 73.0 Å². The molecule has 1 aliphatic heterocycles. The Balaban J connectivity index is 1.76. The largest absolute Gasteiger partial charge is 0.330 e. The predicted molar refractivity (Wildman–Crippen MR) is 94.5 cm³/mol. The van der Waals surface area contributed by atoms with E-state index in [-0.39, 0.29) is 10.9 Å². The fraction of sp³-hybridized carbons (Fsp3) is 0.412. The predicted octanol–water partition coefficient (Wildman–Crippen LogP) is 2.32. The minimum atomic E-state index is -3.58. The molecule has 3 heterocycles. The van der Waals surface area contributed by atoms with Crippen LogP contribution in [0, 0.1) is 0 Å². The molecule has 132 valence electrons. The van der Waals surface area contributed by atoms with Gasteiger partial charge in [0.15, 0.2) is 0 Å². The molecular formula is C17H21N5O2S. The van der Waals surface area contributed by atoms with Crippen molar-refractivity contribution in [3.63, 3.8) is 0 Å². The minimum absolute atomic E-state index is 0.243. The van der Waals surface area contributed by atoms with Gasteiger partial charge in [-0.05, 0) is 31.9 Å². The summed E-state index contributed by atoms with van der Waals surface area (Å²) in [4.78, 5) is 4.96. The Bertz CT molecular complexity index is 1020. The second-order valence-electron chi connectivity index (χ2n) is 6.32. The van der Waals surface area contributed by atoms with Crippen LogP contribution in [0.4, 0.5) is 0 Å². The van der Waals surface area contributed by atoms with Gasteiger partial charge in [-0.25, -0.2) is 13.4 Å². The van der Waals surface area contributed by atoms with E-state index in [9.17, 15) is 8.42 Å². The third-order valence-electron chi connectivity index (χ3n) is 4.86. The van der Waals surface area contributed by atoms with E-state index in [2.05, 4.69) is 5.10 Å². The minimum Gasteiger partial charge on any atom is -0.330 e. The molecule has 0 unspecified atom stereocenters. The van der Waals surface area contributed by atoms with E-state index in [1.54, 1.807) is 15.2 Å². The van der Waals surface area contributed by atoms with Crippen molar-refractivity contribution in [1.29, 1.82) is 0 Å². The van der Waals surface area contributed by atoms with Crippen LogP contribution in [0.3, 0.4) is 0 Å². The maximum Gasteiger partial charge on any atom is 0.246 e. The number of benzene rings is 1. The lowest BCUT2D eigenvalue weighted by molar-refractivity contribution is 0.378. The van der Waals surface area contributed by atoms with Gasteiger partial charge in [0, 0.05) is 26.3 Å². The molecule has 0 bridgehead atoms. The normalized spacial score (nSPS) is 19.0. The zero-order valence-corrected chi connectivity index (χ0v) is 15.1. The highest BCUT2D eigenvalue weighted by atomic mass is 32.2. The van der Waals surface area contributed by atoms with E-state index in [4.69, 9.17) is 4.98 Å². The van der Waals surface area contributed by atoms with Gasteiger partial charge in [-0.1, -0.05) is 12.1 Å². The van der Waals surface area contributed by atoms with E-state index in [1.807, 2.05) is 42.8 Å². The molecule has 25 heavy (non-hydrogen) atoms. The average molecular weight is 359 g/mol. The molecule has 0 amide bonds. The second kappa shape index (κ2) is 5.96. The first kappa shape index (κ1) is 16.3. The van der Waals surface area contributed by atoms with Crippen LogP contribution >= 0.6 is 0 Å². The molecule has 3 aromatic rings. The number of rotatable bonds is 4. The van der Waals surface area contributed by atoms with Crippen LogP contribution in [0.2, 0.25) is 0 Å². The van der Waals surface area contributed by atoms with Gasteiger partial charge in [-0.3, -0.25) is 4.68 Å². The van der Waals surface area contributed by atoms with E-state index >= 15 is 0 Å². The third-order valence-corrected chi connectivity index (χ3v) is 6.72. The van der Waals surface area contributed by atoms with Crippen molar-refractivity contribution in [2.75, 3.05) is 6.54 Å². The lowest BCUT2D eigenvalue weighted by Gasteiger charge is -2.23. The Hall–Kier alpha value is -2.19. The molecule has 7 nitrogen and oxygen atoms in total. The van der Waals surface area contributed by atoms with Gasteiger partial charge in [0.2, 0.25) is 10.0 Å². The van der Waals surface area contributed by atoms with Gasteiger partial charge in [0.05, 0.1) is 23.3 Å². The SMILES string of the molecule is CCn1cc(S(=O)(=O)N2CCC[C@@H]2c2nc3ccccc3n2C)cn1. The maximum atomic E-state index is 13.1. The van der Waals surface area contributed by atoms with Crippen molar-refractivity contribution in [2.24, 2.45) is 7.05 Å². The molecular weight excluding hydrogens is 338 g/mol. The quantitative estimate of drug-likeness (QED) is 0.717. The number of aromatic nitrogens is 4. The zero-order chi connectivity index (χ0) is 17.6. The number of fused-ring (bicyclic) bond motifs is 1. The first-order valence-electron chi connectivity index (χ1n) is 8.48. The Morgan fingerprint density at radius 2 is 2.08 bits per heavy atom. The molecule has 0 saturated carbocycles. The summed E-state index contributed by atoms with van der Waals surface area (Å²) in [5, 5.41) is 4.11. The van der Waals surface area contributed by atoms with Crippen LogP contribution in [0.1, 0.15) is 31.6 Å². The van der Waals surface area contributed by atoms with Crippen molar-refractivity contribution in [3.8, 4) is 0 Å². The van der Waals surface area contributed by atoms with Gasteiger partial charge < -0.3 is 4.57 Å². The van der Waals surface area contributed by atoms with Crippen molar-refractivity contribution < 1.29 is 8.42 Å². The number of aryl methyl sites for hydroxylation is 2. The molecule has 1 atom stereocenters. The summed E-state index contributed by atoms with van der Waals surface area (Å²) in [6, 6.07) is 7.63. The third kappa shape index (κ3) is 2.56. The van der Waals surface area contributed by atoms with Crippen LogP contribution in [-0.4, -0.2) is 38.6 Å². The Kier molecular flexibility index (Phi) is 3.88. The molecule has 0 aliphatic carbocycles. The van der Waals surface area contributed by atoms with Crippen molar-refractivity contribution in [3.05, 3.63) is 42.5 Å². The number of imidazole rings is 1. The number of hydrogen-bond acceptors (Lipinski definition) is 4. The van der Waals surface area contributed by atoms with Gasteiger partial charge in [0.1, 0.15) is 10.7 Å². The van der Waals surface area contributed by atoms with E-state index < -0.39 is 10.0 Å². The standard InChI is InChI=1S/C17H21N5O2S/c1-3-21-12-13(11-18-21)25(23,24)22-10-6-9-16(22)17-19-14-7-4-5-8-15(14)20(17)2/h4-5,7-8,11-12,16H,3,6,9-10H2,1-2H3/t16-/m1/s1. The molecule has 8 heteroatoms. The number of para-hydroxylation sites is 2. The molecule has 1 aliphatic rings. The first-order chi connectivity index (χ1) is 12.0. The molecule has 4 rings (SSSR count). The molecule has 0 spiro atoms. The van der Waals surface area contributed by atoms with Crippen LogP contribution in [-0.2, 0) is 23.6 Å². The molecule has 1 saturated heterocycles. The molecule has 2 aromatic heterocycles. The molecule has 1 aromatic carbocycles. The average Bonchev–Trinajstić information content (AvgIpc) is 3.33. The van der Waals surface area contributed by atoms with E-state index in [0.717, 1.165) is 29.7 Å². The van der Waals surface area contributed by atoms with Gasteiger partial charge in [-0.2, -0.15) is 9.40 Å². The highest BCUT2D eigenvalue weighted by Gasteiger charge is 2.39. The van der Waals surface area contributed by atoms with Gasteiger partial charge in [0.25, 0.3) is 0 Å². The van der Waals surface area contributed by atoms with E-state index in [1.165, 1.54) is 6.20 Å². The smallest absolute Gasteiger partial charge is 0.246 e. The highest BCUT2D eigenvalue weighted by Crippen LogP contribution is 2.36. The van der Waals surface area contributed by atoms with E-state index in [0.29, 0.717) is 13.1 Å². The first-order valence-corrected chi connectivity index (χ1v) is 9.92. The summed E-state index contributed by atoms with van der Waals surface area (Å²) in [5.41, 5.74) is 1.91. The van der Waals surface area contributed by atoms with Gasteiger partial charge in [-0.15, -0.1) is 0 Å². The lowest BCUT2D eigenvalue weighted by atomic mass is 10.2. The van der Waals surface area contributed by atoms with Crippen molar-refractivity contribution in [2.45, 2.75) is 37.2 Å². The Morgan fingerprint density at radius 1 is 1.28 bits per heavy atom. The maximum absolute atomic E-state index is 13.1. The molecule has 0 N–H and O–H groups in total. The summed E-state index contributed by atoms with van der Waals surface area (Å²) in [6.45, 7) is 3.08. The fourth-order valence-corrected chi connectivity index (χ4v) is 5.14. The number of nitrogens with zero attached hydrogens (tertiary/aromatic N) is 5. The summed E-state index contributed by atoms with van der Waals surface area (Å²) in [6.07, 6.45) is 4.64. The van der Waals surface area contributed by atoms with Crippen LogP contribution in [0.25, 0.3) is 11.0 Å². The number of hydrogen-bond donors (Lipinski definition) is 0. The summed E-state index contributed by atoms with van der Waals surface area (Å²) < 4.78 is 31.4. The molecule has 1 fully saturated rings. The Labute approximate surface area is 146 Å². The zero-order valence-electron chi connectivity index (χ0n) is 14.3. The van der Waals surface area contributed by atoms with Crippen LogP contribution in [0.15, 0.2) is 41.6 Å². The van der Waals surface area contributed by atoms with Crippen LogP contribution in [0.5, 0.6) is 0 Å². The van der Waals surface area contributed by atoms with Crippen LogP contribution < -0.4 is 0 Å². The summed E-state index contributed by atoms with van der Waals surface area (Å²) in [7, 11) is -1.64. The van der Waals surface area contributed by atoms with Crippen molar-refractivity contribution >= 4 is 21.1 Å². The monoisotopic (exact) mass is 359 g/mol. The summed E-state index contributed by atoms with van der Waals surface area (Å²) in [5.74, 6) is 0.796. The second-order valence-corrected chi connectivity index (χ2v) is 8.21. The number of sulfonamides is 1.